The van der Waals surface area contributed by atoms with Gasteiger partial charge in [0.2, 0.25) is 0 Å². The van der Waals surface area contributed by atoms with Gasteiger partial charge in [0, 0.05) is 20.3 Å². The maximum absolute atomic E-state index is 9.26. The summed E-state index contributed by atoms with van der Waals surface area (Å²) in [5.74, 6) is 0. The van der Waals surface area contributed by atoms with E-state index in [1.807, 2.05) is 0 Å². The van der Waals surface area contributed by atoms with E-state index >= 15 is 0 Å². The van der Waals surface area contributed by atoms with Crippen LogP contribution in [0.5, 0.6) is 0 Å². The average molecular weight is 278 g/mol. The average Bonchev–Trinajstić information content (AvgIpc) is 2.42. The lowest BCUT2D eigenvalue weighted by atomic mass is 10.2. The summed E-state index contributed by atoms with van der Waals surface area (Å²) in [7, 11) is 0. The molecule has 2 N–H and O–H groups in total. The summed E-state index contributed by atoms with van der Waals surface area (Å²) in [6.45, 7) is 6.38. The molecular weight excluding hydrogens is 262 g/mol. The van der Waals surface area contributed by atoms with Crippen LogP contribution in [0.25, 0.3) is 0 Å². The molecule has 0 amide bonds. The van der Waals surface area contributed by atoms with Crippen molar-refractivity contribution < 1.29 is 5.11 Å². The van der Waals surface area contributed by atoms with E-state index in [1.165, 1.54) is 9.75 Å². The zero-order valence-corrected chi connectivity index (χ0v) is 11.1. The summed E-state index contributed by atoms with van der Waals surface area (Å²) in [6, 6.07) is 2.52. The molecule has 0 aliphatic rings. The van der Waals surface area contributed by atoms with Gasteiger partial charge in [-0.05, 0) is 28.9 Å². The molecule has 1 unspecified atom stereocenters. The van der Waals surface area contributed by atoms with Crippen molar-refractivity contribution in [3.05, 3.63) is 20.3 Å². The van der Waals surface area contributed by atoms with Gasteiger partial charge in [-0.25, -0.2) is 0 Å². The second-order valence-electron chi connectivity index (χ2n) is 3.61. The highest BCUT2D eigenvalue weighted by molar-refractivity contribution is 9.10. The van der Waals surface area contributed by atoms with Crippen LogP contribution in [0.15, 0.2) is 10.5 Å². The number of rotatable bonds is 4. The molecule has 2 nitrogen and oxygen atoms in total. The molecule has 0 saturated heterocycles. The first-order valence-electron chi connectivity index (χ1n) is 4.67. The minimum absolute atomic E-state index is 0.0602. The Labute approximate surface area is 97.5 Å². The second kappa shape index (κ2) is 5.26. The van der Waals surface area contributed by atoms with Gasteiger partial charge in [0.05, 0.1) is 12.6 Å². The molecule has 0 fully saturated rings. The van der Waals surface area contributed by atoms with Gasteiger partial charge in [0.25, 0.3) is 0 Å². The van der Waals surface area contributed by atoms with Crippen LogP contribution in [-0.4, -0.2) is 17.8 Å². The Morgan fingerprint density at radius 3 is 2.57 bits per heavy atom. The van der Waals surface area contributed by atoms with E-state index in [4.69, 9.17) is 0 Å². The standard InChI is InChI=1S/C10H16BrNOS/c1-6(2)12-9(5-13)10-4-8(11)7(3)14-10/h4,6,9,12-13H,5H2,1-3H3. The van der Waals surface area contributed by atoms with E-state index in [-0.39, 0.29) is 12.6 Å². The Morgan fingerprint density at radius 2 is 2.21 bits per heavy atom. The molecule has 80 valence electrons. The SMILES string of the molecule is Cc1sc(C(CO)NC(C)C)cc1Br. The van der Waals surface area contributed by atoms with Gasteiger partial charge in [-0.2, -0.15) is 0 Å². The Bertz CT molecular complexity index is 279. The van der Waals surface area contributed by atoms with Crippen molar-refractivity contribution in [1.29, 1.82) is 0 Å². The van der Waals surface area contributed by atoms with Crippen molar-refractivity contribution in [1.82, 2.24) is 5.32 Å². The fourth-order valence-electron chi connectivity index (χ4n) is 1.28. The molecule has 0 spiro atoms. The smallest absolute Gasteiger partial charge is 0.0652 e. The third-order valence-electron chi connectivity index (χ3n) is 1.94. The zero-order valence-electron chi connectivity index (χ0n) is 8.67. The zero-order chi connectivity index (χ0) is 10.7. The van der Waals surface area contributed by atoms with Gasteiger partial charge in [-0.15, -0.1) is 11.3 Å². The molecule has 0 aliphatic heterocycles. The Hall–Kier alpha value is 0.100. The van der Waals surface area contributed by atoms with Crippen LogP contribution in [0.1, 0.15) is 29.6 Å². The van der Waals surface area contributed by atoms with Crippen molar-refractivity contribution in [2.45, 2.75) is 32.9 Å². The first kappa shape index (κ1) is 12.2. The van der Waals surface area contributed by atoms with Crippen LogP contribution in [0.4, 0.5) is 0 Å². The highest BCUT2D eigenvalue weighted by Gasteiger charge is 2.14. The maximum atomic E-state index is 9.26. The Kier molecular flexibility index (Phi) is 4.57. The molecule has 0 bridgehead atoms. The lowest BCUT2D eigenvalue weighted by Crippen LogP contribution is -2.29. The molecule has 4 heteroatoms. The number of aliphatic hydroxyl groups is 1. The first-order chi connectivity index (χ1) is 6.54. The predicted octanol–water partition coefficient (Wildman–Crippen LogP) is 2.85. The molecule has 1 rings (SSSR count). The van der Waals surface area contributed by atoms with Crippen LogP contribution in [0.3, 0.4) is 0 Å². The Balaban J connectivity index is 2.78. The number of aliphatic hydroxyl groups excluding tert-OH is 1. The molecule has 1 heterocycles. The number of aryl methyl sites for hydroxylation is 1. The summed E-state index contributed by atoms with van der Waals surface area (Å²) in [6.07, 6.45) is 0. The Morgan fingerprint density at radius 1 is 1.57 bits per heavy atom. The highest BCUT2D eigenvalue weighted by Crippen LogP contribution is 2.30. The van der Waals surface area contributed by atoms with E-state index < -0.39 is 0 Å². The highest BCUT2D eigenvalue weighted by atomic mass is 79.9. The van der Waals surface area contributed by atoms with Crippen LogP contribution < -0.4 is 5.32 Å². The van der Waals surface area contributed by atoms with E-state index in [0.29, 0.717) is 6.04 Å². The summed E-state index contributed by atoms with van der Waals surface area (Å²) in [4.78, 5) is 2.44. The third-order valence-corrected chi connectivity index (χ3v) is 4.19. The van der Waals surface area contributed by atoms with Gasteiger partial charge >= 0.3 is 0 Å². The predicted molar refractivity (Wildman–Crippen MR) is 64.9 cm³/mol. The molecular formula is C10H16BrNOS. The molecule has 0 aromatic carbocycles. The summed E-state index contributed by atoms with van der Waals surface area (Å²) in [5.41, 5.74) is 0. The minimum Gasteiger partial charge on any atom is -0.394 e. The quantitative estimate of drug-likeness (QED) is 0.887. The lowest BCUT2D eigenvalue weighted by Gasteiger charge is -2.17. The third kappa shape index (κ3) is 3.05. The largest absolute Gasteiger partial charge is 0.394 e. The van der Waals surface area contributed by atoms with Gasteiger partial charge in [0.15, 0.2) is 0 Å². The molecule has 0 aliphatic carbocycles. The van der Waals surface area contributed by atoms with E-state index in [9.17, 15) is 5.11 Å². The fraction of sp³-hybridized carbons (Fsp3) is 0.600. The number of halogens is 1. The number of hydrogen-bond donors (Lipinski definition) is 2. The van der Waals surface area contributed by atoms with Crippen LogP contribution in [0.2, 0.25) is 0 Å². The second-order valence-corrected chi connectivity index (χ2v) is 5.75. The maximum Gasteiger partial charge on any atom is 0.0652 e. The molecule has 14 heavy (non-hydrogen) atoms. The van der Waals surface area contributed by atoms with Crippen LogP contribution in [0, 0.1) is 6.92 Å². The van der Waals surface area contributed by atoms with Crippen molar-refractivity contribution >= 4 is 27.3 Å². The molecule has 1 aromatic heterocycles. The van der Waals surface area contributed by atoms with Crippen molar-refractivity contribution in [2.75, 3.05) is 6.61 Å². The monoisotopic (exact) mass is 277 g/mol. The minimum atomic E-state index is 0.0602. The van der Waals surface area contributed by atoms with E-state index in [0.717, 1.165) is 4.47 Å². The molecule has 1 aromatic rings. The summed E-state index contributed by atoms with van der Waals surface area (Å²) < 4.78 is 1.13. The topological polar surface area (TPSA) is 32.3 Å². The van der Waals surface area contributed by atoms with Crippen molar-refractivity contribution in [3.63, 3.8) is 0 Å². The van der Waals surface area contributed by atoms with Gasteiger partial charge < -0.3 is 10.4 Å². The number of hydrogen-bond acceptors (Lipinski definition) is 3. The van der Waals surface area contributed by atoms with Crippen LogP contribution in [-0.2, 0) is 0 Å². The normalized spacial score (nSPS) is 13.6. The van der Waals surface area contributed by atoms with E-state index in [2.05, 4.69) is 48.1 Å². The van der Waals surface area contributed by atoms with Crippen molar-refractivity contribution in [2.24, 2.45) is 0 Å². The van der Waals surface area contributed by atoms with Crippen LogP contribution >= 0.6 is 27.3 Å². The fourth-order valence-corrected chi connectivity index (χ4v) is 2.89. The lowest BCUT2D eigenvalue weighted by molar-refractivity contribution is 0.239. The van der Waals surface area contributed by atoms with Gasteiger partial charge in [-0.1, -0.05) is 13.8 Å². The molecule has 0 saturated carbocycles. The summed E-state index contributed by atoms with van der Waals surface area (Å²) >= 11 is 5.20. The van der Waals surface area contributed by atoms with Gasteiger partial charge in [0.1, 0.15) is 0 Å². The molecule has 0 radical (unpaired) electrons. The van der Waals surface area contributed by atoms with E-state index in [1.54, 1.807) is 11.3 Å². The molecule has 1 atom stereocenters. The number of nitrogens with one attached hydrogen (secondary N) is 1. The van der Waals surface area contributed by atoms with Gasteiger partial charge in [-0.3, -0.25) is 0 Å². The first-order valence-corrected chi connectivity index (χ1v) is 6.28. The number of thiophene rings is 1. The van der Waals surface area contributed by atoms with Crippen molar-refractivity contribution in [3.8, 4) is 0 Å². The summed E-state index contributed by atoms with van der Waals surface area (Å²) in [5, 5.41) is 12.6.